The van der Waals surface area contributed by atoms with Crippen LogP contribution in [-0.4, -0.2) is 25.8 Å². The van der Waals surface area contributed by atoms with Crippen molar-refractivity contribution in [3.8, 4) is 0 Å². The molecule has 1 fully saturated rings. The molecule has 0 aliphatic heterocycles. The summed E-state index contributed by atoms with van der Waals surface area (Å²) in [6.07, 6.45) is 10.2. The second-order valence-corrected chi connectivity index (χ2v) is 5.32. The second-order valence-electron chi connectivity index (χ2n) is 5.32. The van der Waals surface area contributed by atoms with Crippen LogP contribution in [0.2, 0.25) is 0 Å². The van der Waals surface area contributed by atoms with Crippen LogP contribution in [0, 0.1) is 5.92 Å². The van der Waals surface area contributed by atoms with Gasteiger partial charge in [-0.25, -0.2) is 0 Å². The van der Waals surface area contributed by atoms with Gasteiger partial charge in [0.15, 0.2) is 0 Å². The van der Waals surface area contributed by atoms with Crippen molar-refractivity contribution >= 4 is 0 Å². The number of hydrogen-bond donors (Lipinski definition) is 1. The minimum Gasteiger partial charge on any atom is -0.379 e. The zero-order chi connectivity index (χ0) is 11.6. The largest absolute Gasteiger partial charge is 0.379 e. The lowest BCUT2D eigenvalue weighted by atomic mass is 9.87. The van der Waals surface area contributed by atoms with Gasteiger partial charge in [-0.3, -0.25) is 0 Å². The SMILES string of the molecule is CC(C)OCCCNCCC1CCCCC1. The van der Waals surface area contributed by atoms with Crippen LogP contribution in [0.4, 0.5) is 0 Å². The monoisotopic (exact) mass is 227 g/mol. The number of ether oxygens (including phenoxy) is 1. The Morgan fingerprint density at radius 2 is 1.88 bits per heavy atom. The van der Waals surface area contributed by atoms with Crippen molar-refractivity contribution in [2.45, 2.75) is 64.9 Å². The molecule has 0 aromatic carbocycles. The maximum atomic E-state index is 5.50. The molecule has 0 saturated heterocycles. The van der Waals surface area contributed by atoms with Gasteiger partial charge in [0.2, 0.25) is 0 Å². The van der Waals surface area contributed by atoms with Crippen molar-refractivity contribution < 1.29 is 4.74 Å². The van der Waals surface area contributed by atoms with Crippen molar-refractivity contribution in [2.75, 3.05) is 19.7 Å². The molecular formula is C14H29NO. The Bertz CT molecular complexity index is 153. The number of hydrogen-bond acceptors (Lipinski definition) is 2. The normalized spacial score (nSPS) is 18.2. The van der Waals surface area contributed by atoms with E-state index < -0.39 is 0 Å². The zero-order valence-electron chi connectivity index (χ0n) is 11.1. The van der Waals surface area contributed by atoms with Crippen molar-refractivity contribution in [3.05, 3.63) is 0 Å². The molecule has 0 radical (unpaired) electrons. The third-order valence-electron chi connectivity index (χ3n) is 3.40. The summed E-state index contributed by atoms with van der Waals surface area (Å²) < 4.78 is 5.50. The molecular weight excluding hydrogens is 198 g/mol. The van der Waals surface area contributed by atoms with Crippen LogP contribution in [0.5, 0.6) is 0 Å². The van der Waals surface area contributed by atoms with E-state index in [0.717, 1.165) is 25.5 Å². The first kappa shape index (κ1) is 14.0. The van der Waals surface area contributed by atoms with Gasteiger partial charge in [-0.2, -0.15) is 0 Å². The quantitative estimate of drug-likeness (QED) is 0.642. The summed E-state index contributed by atoms with van der Waals surface area (Å²) in [4.78, 5) is 0. The third-order valence-corrected chi connectivity index (χ3v) is 3.40. The van der Waals surface area contributed by atoms with E-state index in [4.69, 9.17) is 4.74 Å². The molecule has 0 atom stereocenters. The standard InChI is InChI=1S/C14H29NO/c1-13(2)16-12-6-10-15-11-9-14-7-4-3-5-8-14/h13-15H,3-12H2,1-2H3. The Morgan fingerprint density at radius 1 is 1.12 bits per heavy atom. The first-order valence-corrected chi connectivity index (χ1v) is 7.11. The highest BCUT2D eigenvalue weighted by atomic mass is 16.5. The van der Waals surface area contributed by atoms with Crippen LogP contribution in [0.1, 0.15) is 58.8 Å². The molecule has 0 aromatic heterocycles. The van der Waals surface area contributed by atoms with Crippen molar-refractivity contribution in [2.24, 2.45) is 5.92 Å². The summed E-state index contributed by atoms with van der Waals surface area (Å²) in [5.74, 6) is 1.01. The Labute approximate surface area is 101 Å². The van der Waals surface area contributed by atoms with Gasteiger partial charge in [0, 0.05) is 6.61 Å². The molecule has 1 saturated carbocycles. The zero-order valence-corrected chi connectivity index (χ0v) is 11.1. The predicted molar refractivity (Wildman–Crippen MR) is 69.8 cm³/mol. The van der Waals surface area contributed by atoms with Crippen molar-refractivity contribution in [1.82, 2.24) is 5.32 Å². The summed E-state index contributed by atoms with van der Waals surface area (Å²) in [6.45, 7) is 7.40. The van der Waals surface area contributed by atoms with E-state index in [0.29, 0.717) is 6.10 Å². The fourth-order valence-electron chi connectivity index (χ4n) is 2.42. The molecule has 96 valence electrons. The summed E-state index contributed by atoms with van der Waals surface area (Å²) in [5, 5.41) is 3.53. The molecule has 0 unspecified atom stereocenters. The minimum absolute atomic E-state index is 0.377. The highest BCUT2D eigenvalue weighted by Gasteiger charge is 2.12. The summed E-state index contributed by atoms with van der Waals surface area (Å²) in [7, 11) is 0. The summed E-state index contributed by atoms with van der Waals surface area (Å²) in [5.41, 5.74) is 0. The Morgan fingerprint density at radius 3 is 2.56 bits per heavy atom. The van der Waals surface area contributed by atoms with E-state index >= 15 is 0 Å². The van der Waals surface area contributed by atoms with Gasteiger partial charge in [-0.05, 0) is 45.7 Å². The van der Waals surface area contributed by atoms with E-state index in [1.54, 1.807) is 0 Å². The van der Waals surface area contributed by atoms with E-state index in [1.807, 2.05) is 0 Å². The van der Waals surface area contributed by atoms with Crippen LogP contribution >= 0.6 is 0 Å². The first-order chi connectivity index (χ1) is 7.79. The second kappa shape index (κ2) is 9.00. The molecule has 0 amide bonds. The van der Waals surface area contributed by atoms with Crippen LogP contribution in [0.25, 0.3) is 0 Å². The lowest BCUT2D eigenvalue weighted by Crippen LogP contribution is -2.21. The molecule has 1 N–H and O–H groups in total. The maximum absolute atomic E-state index is 5.50. The lowest BCUT2D eigenvalue weighted by molar-refractivity contribution is 0.0770. The highest BCUT2D eigenvalue weighted by molar-refractivity contribution is 4.66. The number of rotatable bonds is 8. The number of nitrogens with one attached hydrogen (secondary N) is 1. The molecule has 2 heteroatoms. The third kappa shape index (κ3) is 7.24. The predicted octanol–water partition coefficient (Wildman–Crippen LogP) is 3.36. The van der Waals surface area contributed by atoms with Gasteiger partial charge in [0.1, 0.15) is 0 Å². The Kier molecular flexibility index (Phi) is 7.87. The minimum atomic E-state index is 0.377. The van der Waals surface area contributed by atoms with Gasteiger partial charge < -0.3 is 10.1 Å². The molecule has 2 nitrogen and oxygen atoms in total. The maximum Gasteiger partial charge on any atom is 0.0518 e. The van der Waals surface area contributed by atoms with Crippen molar-refractivity contribution in [3.63, 3.8) is 0 Å². The Balaban J connectivity index is 1.80. The molecule has 0 bridgehead atoms. The molecule has 0 heterocycles. The first-order valence-electron chi connectivity index (χ1n) is 7.11. The average Bonchev–Trinajstić information content (AvgIpc) is 2.29. The lowest BCUT2D eigenvalue weighted by Gasteiger charge is -2.21. The van der Waals surface area contributed by atoms with Gasteiger partial charge in [-0.15, -0.1) is 0 Å². The topological polar surface area (TPSA) is 21.3 Å². The molecule has 1 aliphatic rings. The highest BCUT2D eigenvalue weighted by Crippen LogP contribution is 2.25. The van der Waals surface area contributed by atoms with Crippen LogP contribution in [-0.2, 0) is 4.74 Å². The Hall–Kier alpha value is -0.0800. The smallest absolute Gasteiger partial charge is 0.0518 e. The molecule has 1 aliphatic carbocycles. The van der Waals surface area contributed by atoms with Crippen LogP contribution in [0.15, 0.2) is 0 Å². The average molecular weight is 227 g/mol. The molecule has 0 spiro atoms. The van der Waals surface area contributed by atoms with Gasteiger partial charge in [0.05, 0.1) is 6.10 Å². The van der Waals surface area contributed by atoms with E-state index in [-0.39, 0.29) is 0 Å². The van der Waals surface area contributed by atoms with Crippen LogP contribution < -0.4 is 5.32 Å². The summed E-state index contributed by atoms with van der Waals surface area (Å²) >= 11 is 0. The fourth-order valence-corrected chi connectivity index (χ4v) is 2.42. The van der Waals surface area contributed by atoms with E-state index in [2.05, 4.69) is 19.2 Å². The van der Waals surface area contributed by atoms with E-state index in [1.165, 1.54) is 45.1 Å². The van der Waals surface area contributed by atoms with Gasteiger partial charge in [0.25, 0.3) is 0 Å². The molecule has 16 heavy (non-hydrogen) atoms. The fraction of sp³-hybridized carbons (Fsp3) is 1.00. The van der Waals surface area contributed by atoms with Gasteiger partial charge in [-0.1, -0.05) is 32.1 Å². The summed E-state index contributed by atoms with van der Waals surface area (Å²) in [6, 6.07) is 0. The molecule has 1 rings (SSSR count). The van der Waals surface area contributed by atoms with Gasteiger partial charge >= 0.3 is 0 Å². The van der Waals surface area contributed by atoms with E-state index in [9.17, 15) is 0 Å². The molecule has 0 aromatic rings. The van der Waals surface area contributed by atoms with Crippen molar-refractivity contribution in [1.29, 1.82) is 0 Å². The van der Waals surface area contributed by atoms with Crippen LogP contribution in [0.3, 0.4) is 0 Å².